The zero-order valence-electron chi connectivity index (χ0n) is 21.8. The third-order valence-corrected chi connectivity index (χ3v) is 7.79. The number of rotatable bonds is 7. The molecule has 38 heavy (non-hydrogen) atoms. The lowest BCUT2D eigenvalue weighted by molar-refractivity contribution is -0.159. The lowest BCUT2D eigenvalue weighted by atomic mass is 9.91. The van der Waals surface area contributed by atoms with E-state index in [9.17, 15) is 9.59 Å². The molecular formula is C27H36N4O7. The Hall–Kier alpha value is -3.47. The molecule has 3 aliphatic rings. The Kier molecular flexibility index (Phi) is 8.98. The van der Waals surface area contributed by atoms with Gasteiger partial charge in [-0.05, 0) is 69.4 Å². The zero-order valence-corrected chi connectivity index (χ0v) is 21.8. The molecule has 2 bridgehead atoms. The number of carbonyl (C=O) groups is 2. The number of piperidine rings is 1. The van der Waals surface area contributed by atoms with Gasteiger partial charge in [-0.25, -0.2) is 23.7 Å². The highest BCUT2D eigenvalue weighted by Gasteiger charge is 2.40. The average Bonchev–Trinajstić information content (AvgIpc) is 3.12. The SMILES string of the molecule is Cc1ccccc1OCC1CC2CCC(C1)N2CCCn1c(=O)nc2n(c1=O)CCCC2.O=C(O)C(=O)O. The lowest BCUT2D eigenvalue weighted by Crippen LogP contribution is -2.46. The van der Waals surface area contributed by atoms with Crippen LogP contribution in [0, 0.1) is 12.8 Å². The first-order valence-electron chi connectivity index (χ1n) is 13.4. The number of aliphatic carboxylic acids is 2. The number of ether oxygens (including phenoxy) is 1. The van der Waals surface area contributed by atoms with E-state index in [1.807, 2.05) is 12.1 Å². The van der Waals surface area contributed by atoms with Gasteiger partial charge in [0, 0.05) is 38.1 Å². The summed E-state index contributed by atoms with van der Waals surface area (Å²) in [6.45, 7) is 4.97. The maximum Gasteiger partial charge on any atom is 0.414 e. The third kappa shape index (κ3) is 6.50. The van der Waals surface area contributed by atoms with Gasteiger partial charge in [0.15, 0.2) is 0 Å². The summed E-state index contributed by atoms with van der Waals surface area (Å²) in [6, 6.07) is 9.42. The van der Waals surface area contributed by atoms with Gasteiger partial charge >= 0.3 is 23.3 Å². The molecule has 2 N–H and O–H groups in total. The minimum Gasteiger partial charge on any atom is -0.493 e. The van der Waals surface area contributed by atoms with E-state index in [1.165, 1.54) is 35.8 Å². The molecule has 11 heteroatoms. The molecule has 2 aromatic rings. The number of carboxylic acids is 2. The van der Waals surface area contributed by atoms with Crippen LogP contribution in [-0.2, 0) is 29.1 Å². The molecule has 4 heterocycles. The predicted octanol–water partition coefficient (Wildman–Crippen LogP) is 1.92. The van der Waals surface area contributed by atoms with Crippen LogP contribution in [0.1, 0.15) is 56.3 Å². The quantitative estimate of drug-likeness (QED) is 0.515. The Bertz CT molecular complexity index is 1240. The normalized spacial score (nSPS) is 22.2. The summed E-state index contributed by atoms with van der Waals surface area (Å²) in [4.78, 5) is 50.2. The van der Waals surface area contributed by atoms with Gasteiger partial charge in [0.05, 0.1) is 6.61 Å². The van der Waals surface area contributed by atoms with E-state index < -0.39 is 11.9 Å². The van der Waals surface area contributed by atoms with Crippen molar-refractivity contribution in [1.29, 1.82) is 0 Å². The van der Waals surface area contributed by atoms with E-state index in [-0.39, 0.29) is 11.4 Å². The molecule has 206 valence electrons. The molecular weight excluding hydrogens is 492 g/mol. The number of aryl methyl sites for hydroxylation is 2. The van der Waals surface area contributed by atoms with Gasteiger partial charge in [-0.15, -0.1) is 0 Å². The second-order valence-electron chi connectivity index (χ2n) is 10.4. The topological polar surface area (TPSA) is 144 Å². The molecule has 0 aliphatic carbocycles. The van der Waals surface area contributed by atoms with Crippen LogP contribution in [0.15, 0.2) is 33.9 Å². The fourth-order valence-corrected chi connectivity index (χ4v) is 5.95. The molecule has 2 atom stereocenters. The van der Waals surface area contributed by atoms with E-state index >= 15 is 0 Å². The second kappa shape index (κ2) is 12.4. The van der Waals surface area contributed by atoms with Gasteiger partial charge in [-0.2, -0.15) is 4.98 Å². The minimum atomic E-state index is -1.82. The lowest BCUT2D eigenvalue weighted by Gasteiger charge is -2.39. The number of aromatic nitrogens is 3. The summed E-state index contributed by atoms with van der Waals surface area (Å²) < 4.78 is 9.20. The molecule has 2 saturated heterocycles. The van der Waals surface area contributed by atoms with E-state index in [1.54, 1.807) is 4.57 Å². The summed E-state index contributed by atoms with van der Waals surface area (Å²) in [5, 5.41) is 14.8. The number of carboxylic acid groups (broad SMARTS) is 2. The van der Waals surface area contributed by atoms with Crippen LogP contribution in [0.5, 0.6) is 5.75 Å². The van der Waals surface area contributed by atoms with E-state index in [4.69, 9.17) is 24.5 Å². The Morgan fingerprint density at radius 2 is 1.71 bits per heavy atom. The number of para-hydroxylation sites is 1. The van der Waals surface area contributed by atoms with Crippen molar-refractivity contribution in [2.45, 2.75) is 83.5 Å². The standard InChI is InChI=1S/C25H34N4O3.C2H2O4/c1-18-7-2-3-8-22(18)32-17-19-15-20-10-11-21(16-19)27(20)13-6-14-29-24(30)26-23-9-4-5-12-28(23)25(29)31;3-1(4)2(5)6/h2-3,7-8,19-21H,4-6,9-17H2,1H3;(H,3,4)(H,5,6). The van der Waals surface area contributed by atoms with Crippen LogP contribution in [-0.4, -0.2) is 66.4 Å². The third-order valence-electron chi connectivity index (χ3n) is 7.79. The van der Waals surface area contributed by atoms with Crippen LogP contribution < -0.4 is 16.1 Å². The minimum absolute atomic E-state index is 0.172. The molecule has 0 spiro atoms. The van der Waals surface area contributed by atoms with E-state index in [0.29, 0.717) is 36.9 Å². The van der Waals surface area contributed by atoms with Gasteiger partial charge in [-0.3, -0.25) is 9.47 Å². The first-order chi connectivity index (χ1) is 18.2. The first kappa shape index (κ1) is 27.6. The van der Waals surface area contributed by atoms with Crippen LogP contribution in [0.3, 0.4) is 0 Å². The van der Waals surface area contributed by atoms with Crippen molar-refractivity contribution in [2.24, 2.45) is 5.92 Å². The van der Waals surface area contributed by atoms with Crippen LogP contribution in [0.25, 0.3) is 0 Å². The monoisotopic (exact) mass is 528 g/mol. The zero-order chi connectivity index (χ0) is 27.2. The van der Waals surface area contributed by atoms with E-state index in [2.05, 4.69) is 28.9 Å². The van der Waals surface area contributed by atoms with Gasteiger partial charge in [0.2, 0.25) is 0 Å². The van der Waals surface area contributed by atoms with Crippen molar-refractivity contribution in [3.8, 4) is 5.75 Å². The van der Waals surface area contributed by atoms with Crippen molar-refractivity contribution in [1.82, 2.24) is 19.0 Å². The molecule has 1 aromatic carbocycles. The highest BCUT2D eigenvalue weighted by atomic mass is 16.5. The summed E-state index contributed by atoms with van der Waals surface area (Å²) >= 11 is 0. The molecule has 0 radical (unpaired) electrons. The van der Waals surface area contributed by atoms with Gasteiger partial charge in [-0.1, -0.05) is 18.2 Å². The molecule has 0 amide bonds. The fraction of sp³-hybridized carbons (Fsp3) is 0.593. The average molecular weight is 529 g/mol. The first-order valence-corrected chi connectivity index (χ1v) is 13.4. The molecule has 1 aromatic heterocycles. The summed E-state index contributed by atoms with van der Waals surface area (Å²) in [5.41, 5.74) is 0.642. The van der Waals surface area contributed by atoms with Gasteiger partial charge in [0.25, 0.3) is 0 Å². The molecule has 3 aliphatic heterocycles. The van der Waals surface area contributed by atoms with Crippen molar-refractivity contribution in [3.05, 3.63) is 56.6 Å². The van der Waals surface area contributed by atoms with Crippen LogP contribution in [0.4, 0.5) is 0 Å². The maximum atomic E-state index is 12.8. The smallest absolute Gasteiger partial charge is 0.414 e. The Morgan fingerprint density at radius 3 is 2.37 bits per heavy atom. The highest BCUT2D eigenvalue weighted by molar-refractivity contribution is 6.27. The summed E-state index contributed by atoms with van der Waals surface area (Å²) in [7, 11) is 0. The largest absolute Gasteiger partial charge is 0.493 e. The Morgan fingerprint density at radius 1 is 1.03 bits per heavy atom. The number of benzene rings is 1. The second-order valence-corrected chi connectivity index (χ2v) is 10.4. The number of fused-ring (bicyclic) bond motifs is 3. The van der Waals surface area contributed by atoms with Crippen molar-refractivity contribution < 1.29 is 24.5 Å². The van der Waals surface area contributed by atoms with Gasteiger partial charge in [0.1, 0.15) is 11.6 Å². The van der Waals surface area contributed by atoms with E-state index in [0.717, 1.165) is 44.6 Å². The number of hydrogen-bond acceptors (Lipinski definition) is 7. The van der Waals surface area contributed by atoms with Crippen LogP contribution >= 0.6 is 0 Å². The molecule has 2 fully saturated rings. The van der Waals surface area contributed by atoms with Crippen molar-refractivity contribution >= 4 is 11.9 Å². The summed E-state index contributed by atoms with van der Waals surface area (Å²) in [6.07, 6.45) is 8.37. The predicted molar refractivity (Wildman–Crippen MR) is 138 cm³/mol. The molecule has 11 nitrogen and oxygen atoms in total. The van der Waals surface area contributed by atoms with Gasteiger partial charge < -0.3 is 14.9 Å². The summed E-state index contributed by atoms with van der Waals surface area (Å²) in [5.74, 6) is -1.39. The molecule has 2 unspecified atom stereocenters. The Balaban J connectivity index is 0.000000505. The molecule has 5 rings (SSSR count). The van der Waals surface area contributed by atoms with Crippen molar-refractivity contribution in [2.75, 3.05) is 13.2 Å². The Labute approximate surface area is 220 Å². The highest BCUT2D eigenvalue weighted by Crippen LogP contribution is 2.39. The molecule has 0 saturated carbocycles. The number of nitrogens with zero attached hydrogens (tertiary/aromatic N) is 4. The maximum absolute atomic E-state index is 12.8. The van der Waals surface area contributed by atoms with Crippen molar-refractivity contribution in [3.63, 3.8) is 0 Å². The fourth-order valence-electron chi connectivity index (χ4n) is 5.95. The van der Waals surface area contributed by atoms with Crippen LogP contribution in [0.2, 0.25) is 0 Å². The number of hydrogen-bond donors (Lipinski definition) is 2.